The number of rotatable bonds is 6. The van der Waals surface area contributed by atoms with Gasteiger partial charge in [0.25, 0.3) is 11.6 Å². The molecule has 1 amide bonds. The molecule has 8 nitrogen and oxygen atoms in total. The second-order valence-corrected chi connectivity index (χ2v) is 7.49. The van der Waals surface area contributed by atoms with Crippen LogP contribution in [0.5, 0.6) is 0 Å². The maximum atomic E-state index is 12.3. The second-order valence-electron chi connectivity index (χ2n) is 7.49. The van der Waals surface area contributed by atoms with Crippen molar-refractivity contribution in [2.45, 2.75) is 57.4 Å². The van der Waals surface area contributed by atoms with Crippen molar-refractivity contribution < 1.29 is 19.2 Å². The number of benzene rings is 1. The number of nitro benzene ring substituents is 1. The Morgan fingerprint density at radius 2 is 1.79 bits per heavy atom. The number of amides is 1. The van der Waals surface area contributed by atoms with Crippen LogP contribution in [0.1, 0.15) is 61.7 Å². The molecule has 0 radical (unpaired) electrons. The summed E-state index contributed by atoms with van der Waals surface area (Å²) in [7, 11) is 0. The van der Waals surface area contributed by atoms with Gasteiger partial charge in [-0.1, -0.05) is 19.3 Å². The summed E-state index contributed by atoms with van der Waals surface area (Å²) in [6.45, 7) is 1.16. The molecule has 1 aliphatic heterocycles. The molecule has 1 aromatic carbocycles. The average Bonchev–Trinajstić information content (AvgIpc) is 2.73. The fraction of sp³-hybridized carbons (Fsp3) is 0.600. The van der Waals surface area contributed by atoms with Crippen LogP contribution in [0.4, 0.5) is 11.4 Å². The van der Waals surface area contributed by atoms with Gasteiger partial charge in [-0.3, -0.25) is 14.9 Å². The molecule has 0 bridgehead atoms. The Labute approximate surface area is 164 Å². The van der Waals surface area contributed by atoms with Crippen LogP contribution in [0.25, 0.3) is 0 Å². The van der Waals surface area contributed by atoms with Crippen molar-refractivity contribution in [3.8, 4) is 0 Å². The number of nitrogens with zero attached hydrogens (tertiary/aromatic N) is 2. The predicted molar refractivity (Wildman–Crippen MR) is 104 cm³/mol. The molecule has 0 unspecified atom stereocenters. The maximum absolute atomic E-state index is 12.3. The highest BCUT2D eigenvalue weighted by Gasteiger charge is 2.24. The largest absolute Gasteiger partial charge is 0.452 e. The van der Waals surface area contributed by atoms with Crippen LogP contribution in [-0.4, -0.2) is 42.5 Å². The summed E-state index contributed by atoms with van der Waals surface area (Å²) < 4.78 is 5.06. The minimum Gasteiger partial charge on any atom is -0.452 e. The monoisotopic (exact) mass is 389 g/mol. The van der Waals surface area contributed by atoms with E-state index in [0.29, 0.717) is 5.69 Å². The highest BCUT2D eigenvalue weighted by molar-refractivity contribution is 5.93. The van der Waals surface area contributed by atoms with E-state index in [4.69, 9.17) is 4.74 Å². The van der Waals surface area contributed by atoms with Gasteiger partial charge < -0.3 is 15.0 Å². The van der Waals surface area contributed by atoms with E-state index in [0.717, 1.165) is 58.0 Å². The van der Waals surface area contributed by atoms with Gasteiger partial charge in [0.05, 0.1) is 10.5 Å². The van der Waals surface area contributed by atoms with Gasteiger partial charge in [-0.25, -0.2) is 4.79 Å². The Morgan fingerprint density at radius 3 is 2.46 bits per heavy atom. The zero-order chi connectivity index (χ0) is 19.9. The first-order valence-electron chi connectivity index (χ1n) is 10.0. The quantitative estimate of drug-likeness (QED) is 0.455. The lowest BCUT2D eigenvalue weighted by Gasteiger charge is -2.28. The number of piperidine rings is 1. The summed E-state index contributed by atoms with van der Waals surface area (Å²) in [4.78, 5) is 37.2. The third kappa shape index (κ3) is 5.21. The number of esters is 1. The lowest BCUT2D eigenvalue weighted by molar-refractivity contribution is -0.384. The lowest BCUT2D eigenvalue weighted by atomic mass is 9.95. The van der Waals surface area contributed by atoms with Crippen molar-refractivity contribution >= 4 is 23.3 Å². The van der Waals surface area contributed by atoms with E-state index in [1.54, 1.807) is 6.07 Å². The molecule has 1 saturated carbocycles. The van der Waals surface area contributed by atoms with Crippen molar-refractivity contribution in [1.82, 2.24) is 5.32 Å². The molecule has 152 valence electrons. The van der Waals surface area contributed by atoms with Gasteiger partial charge in [-0.05, 0) is 44.2 Å². The highest BCUT2D eigenvalue weighted by Crippen LogP contribution is 2.31. The molecule has 8 heteroatoms. The van der Waals surface area contributed by atoms with Crippen molar-refractivity contribution in [2.24, 2.45) is 0 Å². The third-order valence-corrected chi connectivity index (χ3v) is 5.41. The van der Waals surface area contributed by atoms with Crippen LogP contribution < -0.4 is 10.2 Å². The first kappa shape index (κ1) is 20.1. The number of hydrogen-bond donors (Lipinski definition) is 1. The van der Waals surface area contributed by atoms with E-state index in [-0.39, 0.29) is 29.8 Å². The molecule has 0 spiro atoms. The molecular formula is C20H27N3O5. The topological polar surface area (TPSA) is 102 Å². The van der Waals surface area contributed by atoms with Gasteiger partial charge in [0.15, 0.2) is 6.61 Å². The second kappa shape index (κ2) is 9.52. The smallest absolute Gasteiger partial charge is 0.338 e. The predicted octanol–water partition coefficient (Wildman–Crippen LogP) is 3.19. The van der Waals surface area contributed by atoms with Gasteiger partial charge in [0.2, 0.25) is 0 Å². The zero-order valence-corrected chi connectivity index (χ0v) is 16.0. The molecule has 1 heterocycles. The van der Waals surface area contributed by atoms with E-state index in [2.05, 4.69) is 5.32 Å². The molecule has 1 saturated heterocycles. The fourth-order valence-corrected chi connectivity index (χ4v) is 3.93. The third-order valence-electron chi connectivity index (χ3n) is 5.41. The lowest BCUT2D eigenvalue weighted by Crippen LogP contribution is -2.38. The fourth-order valence-electron chi connectivity index (χ4n) is 3.93. The van der Waals surface area contributed by atoms with Crippen LogP contribution in [0.15, 0.2) is 18.2 Å². The zero-order valence-electron chi connectivity index (χ0n) is 16.0. The molecule has 2 aliphatic rings. The van der Waals surface area contributed by atoms with Crippen LogP contribution in [0, 0.1) is 10.1 Å². The molecule has 0 aromatic heterocycles. The van der Waals surface area contributed by atoms with Crippen molar-refractivity contribution in [2.75, 3.05) is 24.6 Å². The number of nitrogens with one attached hydrogen (secondary N) is 1. The molecule has 1 aromatic rings. The van der Waals surface area contributed by atoms with Crippen molar-refractivity contribution in [3.63, 3.8) is 0 Å². The molecule has 3 rings (SSSR count). The summed E-state index contributed by atoms with van der Waals surface area (Å²) in [5.41, 5.74) is 0.497. The van der Waals surface area contributed by atoms with Gasteiger partial charge in [-0.15, -0.1) is 0 Å². The van der Waals surface area contributed by atoms with E-state index >= 15 is 0 Å². The Balaban J connectivity index is 1.60. The van der Waals surface area contributed by atoms with E-state index in [9.17, 15) is 19.7 Å². The highest BCUT2D eigenvalue weighted by atomic mass is 16.6. The summed E-state index contributed by atoms with van der Waals surface area (Å²) >= 11 is 0. The first-order chi connectivity index (χ1) is 13.5. The molecule has 2 fully saturated rings. The van der Waals surface area contributed by atoms with Crippen LogP contribution in [-0.2, 0) is 9.53 Å². The van der Waals surface area contributed by atoms with Crippen LogP contribution in [0.2, 0.25) is 0 Å². The van der Waals surface area contributed by atoms with Crippen molar-refractivity contribution in [3.05, 3.63) is 33.9 Å². The number of ether oxygens (including phenoxy) is 1. The van der Waals surface area contributed by atoms with Gasteiger partial charge in [0, 0.05) is 25.2 Å². The van der Waals surface area contributed by atoms with E-state index in [1.165, 1.54) is 18.6 Å². The molecule has 28 heavy (non-hydrogen) atoms. The summed E-state index contributed by atoms with van der Waals surface area (Å²) in [6.07, 6.45) is 8.39. The number of carbonyl (C=O) groups excluding carboxylic acids is 2. The Kier molecular flexibility index (Phi) is 6.84. The average molecular weight is 389 g/mol. The number of carbonyl (C=O) groups is 2. The van der Waals surface area contributed by atoms with Gasteiger partial charge >= 0.3 is 5.97 Å². The van der Waals surface area contributed by atoms with E-state index < -0.39 is 10.9 Å². The number of nitro groups is 1. The maximum Gasteiger partial charge on any atom is 0.338 e. The van der Waals surface area contributed by atoms with Gasteiger partial charge in [0.1, 0.15) is 5.69 Å². The first-order valence-corrected chi connectivity index (χ1v) is 10.0. The van der Waals surface area contributed by atoms with Crippen molar-refractivity contribution in [1.29, 1.82) is 0 Å². The summed E-state index contributed by atoms with van der Waals surface area (Å²) in [6, 6.07) is 4.51. The van der Waals surface area contributed by atoms with Crippen LogP contribution >= 0.6 is 0 Å². The van der Waals surface area contributed by atoms with Gasteiger partial charge in [-0.2, -0.15) is 0 Å². The molecular weight excluding hydrogens is 362 g/mol. The van der Waals surface area contributed by atoms with Crippen LogP contribution in [0.3, 0.4) is 0 Å². The minimum atomic E-state index is -0.730. The summed E-state index contributed by atoms with van der Waals surface area (Å²) in [5.74, 6) is -1.06. The number of anilines is 1. The normalized spacial score (nSPS) is 17.8. The molecule has 0 atom stereocenters. The SMILES string of the molecule is O=C(COC(=O)c1ccc(N2CCCCC2)c([N+](=O)[O-])c1)NC1CCCCC1. The minimum absolute atomic E-state index is 0.0814. The summed E-state index contributed by atoms with van der Waals surface area (Å²) in [5, 5.41) is 14.4. The number of hydrogen-bond acceptors (Lipinski definition) is 6. The standard InChI is InChI=1S/C20H27N3O5/c24-19(21-16-7-3-1-4-8-16)14-28-20(25)15-9-10-17(18(13-15)23(26)27)22-11-5-2-6-12-22/h9-10,13,16H,1-8,11-12,14H2,(H,21,24). The Morgan fingerprint density at radius 1 is 1.11 bits per heavy atom. The Bertz CT molecular complexity index is 725. The Hall–Kier alpha value is -2.64. The molecule has 1 aliphatic carbocycles. The molecule has 1 N–H and O–H groups in total. The van der Waals surface area contributed by atoms with E-state index in [1.807, 2.05) is 4.90 Å².